The number of nitrogens with one attached hydrogen (secondary N) is 1. The molecule has 0 unspecified atom stereocenters. The predicted molar refractivity (Wildman–Crippen MR) is 114 cm³/mol. The summed E-state index contributed by atoms with van der Waals surface area (Å²) < 4.78 is 5.51. The van der Waals surface area contributed by atoms with Gasteiger partial charge in [-0.3, -0.25) is 9.80 Å². The molecule has 154 valence electrons. The van der Waals surface area contributed by atoms with E-state index in [1.54, 1.807) is 7.11 Å². The molecular formula is C23H36N4O. The fourth-order valence-electron chi connectivity index (χ4n) is 4.28. The normalized spacial score (nSPS) is 16.2. The van der Waals surface area contributed by atoms with Gasteiger partial charge < -0.3 is 9.72 Å². The molecule has 1 fully saturated rings. The van der Waals surface area contributed by atoms with Crippen LogP contribution in [0.2, 0.25) is 0 Å². The van der Waals surface area contributed by atoms with Gasteiger partial charge in [0.2, 0.25) is 0 Å². The Kier molecular flexibility index (Phi) is 7.51. The van der Waals surface area contributed by atoms with Crippen molar-refractivity contribution in [2.45, 2.75) is 46.7 Å². The molecular weight excluding hydrogens is 348 g/mol. The molecule has 0 spiro atoms. The van der Waals surface area contributed by atoms with Crippen LogP contribution in [0.25, 0.3) is 0 Å². The Labute approximate surface area is 170 Å². The maximum atomic E-state index is 5.51. The number of aryl methyl sites for hydroxylation is 1. The molecule has 3 rings (SSSR count). The van der Waals surface area contributed by atoms with E-state index in [1.165, 1.54) is 43.7 Å². The Hall–Kier alpha value is -1.85. The van der Waals surface area contributed by atoms with Gasteiger partial charge in [0.25, 0.3) is 0 Å². The zero-order chi connectivity index (χ0) is 19.9. The first-order chi connectivity index (χ1) is 13.5. The minimum absolute atomic E-state index is 0.676. The third-order valence-electron chi connectivity index (χ3n) is 5.58. The maximum absolute atomic E-state index is 5.51. The molecule has 0 atom stereocenters. The average molecular weight is 385 g/mol. The number of H-pyrrole nitrogens is 1. The van der Waals surface area contributed by atoms with Crippen LogP contribution >= 0.6 is 0 Å². The molecule has 28 heavy (non-hydrogen) atoms. The summed E-state index contributed by atoms with van der Waals surface area (Å²) >= 11 is 0. The number of likely N-dealkylation sites (tertiary alicyclic amines) is 1. The van der Waals surface area contributed by atoms with Crippen molar-refractivity contribution >= 4 is 0 Å². The Morgan fingerprint density at radius 1 is 1.25 bits per heavy atom. The third kappa shape index (κ3) is 6.08. The number of aromatic amines is 1. The fraction of sp³-hybridized carbons (Fsp3) is 0.609. The van der Waals surface area contributed by atoms with Crippen molar-refractivity contribution in [2.24, 2.45) is 11.8 Å². The summed E-state index contributed by atoms with van der Waals surface area (Å²) in [6, 6.07) is 8.38. The second-order valence-electron chi connectivity index (χ2n) is 8.61. The Morgan fingerprint density at radius 2 is 2.00 bits per heavy atom. The van der Waals surface area contributed by atoms with E-state index in [0.717, 1.165) is 37.1 Å². The molecule has 2 heterocycles. The SMILES string of the molecule is COc1ccccc1CN1CCC(CN(Cc2cnc(C)[nH]2)CC(C)C)CC1. The van der Waals surface area contributed by atoms with E-state index in [1.807, 2.05) is 19.2 Å². The number of benzene rings is 1. The van der Waals surface area contributed by atoms with E-state index >= 15 is 0 Å². The minimum Gasteiger partial charge on any atom is -0.496 e. The Morgan fingerprint density at radius 3 is 2.64 bits per heavy atom. The number of aromatic nitrogens is 2. The molecule has 1 aromatic carbocycles. The number of methoxy groups -OCH3 is 1. The maximum Gasteiger partial charge on any atom is 0.123 e. The van der Waals surface area contributed by atoms with Crippen LogP contribution in [0, 0.1) is 18.8 Å². The van der Waals surface area contributed by atoms with Gasteiger partial charge in [-0.15, -0.1) is 0 Å². The van der Waals surface area contributed by atoms with Crippen molar-refractivity contribution in [3.05, 3.63) is 47.5 Å². The lowest BCUT2D eigenvalue weighted by atomic mass is 9.95. The molecule has 0 bridgehead atoms. The van der Waals surface area contributed by atoms with Crippen LogP contribution in [0.3, 0.4) is 0 Å². The summed E-state index contributed by atoms with van der Waals surface area (Å²) in [4.78, 5) is 12.9. The molecule has 1 saturated heterocycles. The van der Waals surface area contributed by atoms with Crippen molar-refractivity contribution in [3.8, 4) is 5.75 Å². The largest absolute Gasteiger partial charge is 0.496 e. The van der Waals surface area contributed by atoms with E-state index in [4.69, 9.17) is 4.74 Å². The van der Waals surface area contributed by atoms with E-state index in [9.17, 15) is 0 Å². The molecule has 5 heteroatoms. The number of hydrogen-bond acceptors (Lipinski definition) is 4. The number of ether oxygens (including phenoxy) is 1. The monoisotopic (exact) mass is 384 g/mol. The number of rotatable bonds is 9. The number of hydrogen-bond donors (Lipinski definition) is 1. The van der Waals surface area contributed by atoms with Crippen LogP contribution in [0.1, 0.15) is 43.8 Å². The first-order valence-electron chi connectivity index (χ1n) is 10.6. The zero-order valence-corrected chi connectivity index (χ0v) is 17.9. The molecule has 1 aromatic heterocycles. The Balaban J connectivity index is 1.51. The van der Waals surface area contributed by atoms with Crippen LogP contribution in [0.15, 0.2) is 30.5 Å². The van der Waals surface area contributed by atoms with Crippen molar-refractivity contribution in [3.63, 3.8) is 0 Å². The number of para-hydroxylation sites is 1. The van der Waals surface area contributed by atoms with Gasteiger partial charge in [0.1, 0.15) is 11.6 Å². The third-order valence-corrected chi connectivity index (χ3v) is 5.58. The van der Waals surface area contributed by atoms with Crippen LogP contribution in [-0.2, 0) is 13.1 Å². The minimum atomic E-state index is 0.676. The summed E-state index contributed by atoms with van der Waals surface area (Å²) in [5.41, 5.74) is 2.52. The van der Waals surface area contributed by atoms with Crippen molar-refractivity contribution < 1.29 is 4.74 Å². The fourth-order valence-corrected chi connectivity index (χ4v) is 4.28. The standard InChI is InChI=1S/C23H36N4O/c1-18(2)14-27(17-22-13-24-19(3)25-22)15-20-9-11-26(12-10-20)16-21-7-5-6-8-23(21)28-4/h5-8,13,18,20H,9-12,14-17H2,1-4H3,(H,24,25). The molecule has 5 nitrogen and oxygen atoms in total. The van der Waals surface area contributed by atoms with Gasteiger partial charge in [-0.05, 0) is 50.8 Å². The van der Waals surface area contributed by atoms with Crippen molar-refractivity contribution in [2.75, 3.05) is 33.3 Å². The average Bonchev–Trinajstić information content (AvgIpc) is 3.08. The number of piperidine rings is 1. The second-order valence-corrected chi connectivity index (χ2v) is 8.61. The van der Waals surface area contributed by atoms with Gasteiger partial charge in [0, 0.05) is 43.6 Å². The molecule has 0 radical (unpaired) electrons. The van der Waals surface area contributed by atoms with Gasteiger partial charge in [0.15, 0.2) is 0 Å². The second kappa shape index (κ2) is 10.1. The molecule has 1 aliphatic heterocycles. The molecule has 0 amide bonds. The Bertz CT molecular complexity index is 719. The van der Waals surface area contributed by atoms with Crippen LogP contribution in [0.4, 0.5) is 0 Å². The molecule has 1 N–H and O–H groups in total. The number of nitrogens with zero attached hydrogens (tertiary/aromatic N) is 3. The van der Waals surface area contributed by atoms with Gasteiger partial charge in [-0.25, -0.2) is 4.98 Å². The van der Waals surface area contributed by atoms with Crippen LogP contribution < -0.4 is 4.74 Å². The van der Waals surface area contributed by atoms with Crippen LogP contribution in [-0.4, -0.2) is 53.1 Å². The van der Waals surface area contributed by atoms with E-state index in [2.05, 4.69) is 51.8 Å². The molecule has 2 aromatic rings. The summed E-state index contributed by atoms with van der Waals surface area (Å²) in [5, 5.41) is 0. The highest BCUT2D eigenvalue weighted by Crippen LogP contribution is 2.24. The van der Waals surface area contributed by atoms with Crippen LogP contribution in [0.5, 0.6) is 5.75 Å². The lowest BCUT2D eigenvalue weighted by molar-refractivity contribution is 0.127. The van der Waals surface area contributed by atoms with E-state index < -0.39 is 0 Å². The predicted octanol–water partition coefficient (Wildman–Crippen LogP) is 4.10. The number of imidazole rings is 1. The topological polar surface area (TPSA) is 44.4 Å². The summed E-state index contributed by atoms with van der Waals surface area (Å²) in [6.07, 6.45) is 4.52. The van der Waals surface area contributed by atoms with Gasteiger partial charge in [-0.2, -0.15) is 0 Å². The first kappa shape index (κ1) is 20.9. The molecule has 0 aliphatic carbocycles. The lowest BCUT2D eigenvalue weighted by Gasteiger charge is -2.35. The molecule has 0 saturated carbocycles. The lowest BCUT2D eigenvalue weighted by Crippen LogP contribution is -2.39. The highest BCUT2D eigenvalue weighted by atomic mass is 16.5. The summed E-state index contributed by atoms with van der Waals surface area (Å²) in [5.74, 6) is 3.46. The van der Waals surface area contributed by atoms with E-state index in [-0.39, 0.29) is 0 Å². The smallest absolute Gasteiger partial charge is 0.123 e. The first-order valence-corrected chi connectivity index (χ1v) is 10.6. The van der Waals surface area contributed by atoms with Gasteiger partial charge >= 0.3 is 0 Å². The summed E-state index contributed by atoms with van der Waals surface area (Å²) in [6.45, 7) is 13.2. The van der Waals surface area contributed by atoms with Gasteiger partial charge in [0.05, 0.1) is 7.11 Å². The quantitative estimate of drug-likeness (QED) is 0.707. The van der Waals surface area contributed by atoms with Gasteiger partial charge in [-0.1, -0.05) is 32.0 Å². The summed E-state index contributed by atoms with van der Waals surface area (Å²) in [7, 11) is 1.76. The van der Waals surface area contributed by atoms with Crippen molar-refractivity contribution in [1.82, 2.24) is 19.8 Å². The highest BCUT2D eigenvalue weighted by Gasteiger charge is 2.23. The van der Waals surface area contributed by atoms with Crippen molar-refractivity contribution in [1.29, 1.82) is 0 Å². The zero-order valence-electron chi connectivity index (χ0n) is 17.9. The van der Waals surface area contributed by atoms with E-state index in [0.29, 0.717) is 5.92 Å². The molecule has 1 aliphatic rings. The highest BCUT2D eigenvalue weighted by molar-refractivity contribution is 5.33.